The number of hydrogen-bond donors (Lipinski definition) is 1. The van der Waals surface area contributed by atoms with Gasteiger partial charge in [0.05, 0.1) is 5.69 Å². The van der Waals surface area contributed by atoms with E-state index in [4.69, 9.17) is 0 Å². The van der Waals surface area contributed by atoms with Gasteiger partial charge in [0.2, 0.25) is 0 Å². The molecule has 4 nitrogen and oxygen atoms in total. The molecule has 1 N–H and O–H groups in total. The van der Waals surface area contributed by atoms with Crippen LogP contribution in [-0.4, -0.2) is 58.2 Å². The van der Waals surface area contributed by atoms with Crippen molar-refractivity contribution in [2.75, 3.05) is 26.7 Å². The quantitative estimate of drug-likeness (QED) is 0.890. The van der Waals surface area contributed by atoms with Crippen molar-refractivity contribution in [3.8, 4) is 0 Å². The summed E-state index contributed by atoms with van der Waals surface area (Å²) in [5, 5.41) is 9.18. The van der Waals surface area contributed by atoms with Gasteiger partial charge >= 0.3 is 0 Å². The van der Waals surface area contributed by atoms with Gasteiger partial charge in [-0.25, -0.2) is 0 Å². The molecule has 1 aliphatic rings. The Kier molecular flexibility index (Phi) is 4.55. The van der Waals surface area contributed by atoms with Crippen molar-refractivity contribution < 1.29 is 5.11 Å². The molecule has 0 amide bonds. The highest BCUT2D eigenvalue weighted by Gasteiger charge is 2.36. The second-order valence-corrected chi connectivity index (χ2v) is 6.10. The molecule has 1 aromatic heterocycles. The topological polar surface area (TPSA) is 39.6 Å². The Morgan fingerprint density at radius 2 is 2.21 bits per heavy atom. The van der Waals surface area contributed by atoms with Crippen LogP contribution in [0.4, 0.5) is 0 Å². The summed E-state index contributed by atoms with van der Waals surface area (Å²) in [5.41, 5.74) is 1.25. The van der Waals surface area contributed by atoms with Gasteiger partial charge in [-0.2, -0.15) is 0 Å². The number of likely N-dealkylation sites (N-methyl/N-ethyl adjacent to an activating group) is 1. The molecule has 0 saturated carbocycles. The lowest BCUT2D eigenvalue weighted by Crippen LogP contribution is -2.61. The first-order valence-corrected chi connectivity index (χ1v) is 6.99. The van der Waals surface area contributed by atoms with Crippen molar-refractivity contribution in [3.63, 3.8) is 0 Å². The van der Waals surface area contributed by atoms with Crippen LogP contribution in [0.15, 0.2) is 24.4 Å². The smallest absolute Gasteiger partial charge is 0.0544 e. The number of aliphatic hydroxyl groups is 1. The predicted molar refractivity (Wildman–Crippen MR) is 76.8 cm³/mol. The molecule has 1 aromatic rings. The second kappa shape index (κ2) is 5.99. The van der Waals surface area contributed by atoms with Gasteiger partial charge < -0.3 is 10.0 Å². The zero-order valence-corrected chi connectivity index (χ0v) is 12.2. The lowest BCUT2D eigenvalue weighted by Gasteiger charge is -2.50. The molecular formula is C15H25N3O. The van der Waals surface area contributed by atoms with E-state index < -0.39 is 0 Å². The Balaban J connectivity index is 2.08. The summed E-state index contributed by atoms with van der Waals surface area (Å²) in [6.45, 7) is 7.70. The van der Waals surface area contributed by atoms with E-state index >= 15 is 0 Å². The fraction of sp³-hybridized carbons (Fsp3) is 0.667. The first-order chi connectivity index (χ1) is 9.03. The van der Waals surface area contributed by atoms with Crippen molar-refractivity contribution in [3.05, 3.63) is 30.1 Å². The van der Waals surface area contributed by atoms with Crippen LogP contribution < -0.4 is 0 Å². The molecule has 0 radical (unpaired) electrons. The molecule has 1 saturated heterocycles. The number of pyridine rings is 1. The summed E-state index contributed by atoms with van der Waals surface area (Å²) in [7, 11) is 2.15. The molecule has 1 aliphatic heterocycles. The van der Waals surface area contributed by atoms with Crippen LogP contribution in [0.2, 0.25) is 0 Å². The first-order valence-electron chi connectivity index (χ1n) is 6.99. The normalized spacial score (nSPS) is 24.5. The van der Waals surface area contributed by atoms with Crippen molar-refractivity contribution in [2.24, 2.45) is 0 Å². The third kappa shape index (κ3) is 3.53. The standard InChI is InChI=1S/C15H25N3O/c1-15(2)12-17(3)14(7-9-19)11-18(15)10-13-6-4-5-8-16-13/h4-6,8,14,19H,7,9-12H2,1-3H3. The van der Waals surface area contributed by atoms with Gasteiger partial charge in [-0.05, 0) is 39.4 Å². The zero-order valence-electron chi connectivity index (χ0n) is 12.2. The van der Waals surface area contributed by atoms with E-state index in [0.717, 1.165) is 31.7 Å². The second-order valence-electron chi connectivity index (χ2n) is 6.10. The molecule has 19 heavy (non-hydrogen) atoms. The Bertz CT molecular complexity index is 394. The average molecular weight is 263 g/mol. The van der Waals surface area contributed by atoms with Crippen LogP contribution in [0.25, 0.3) is 0 Å². The molecule has 2 heterocycles. The van der Waals surface area contributed by atoms with Gasteiger partial charge in [-0.15, -0.1) is 0 Å². The Labute approximate surface area is 116 Å². The van der Waals surface area contributed by atoms with E-state index in [1.54, 1.807) is 0 Å². The maximum atomic E-state index is 9.18. The summed E-state index contributed by atoms with van der Waals surface area (Å²) in [4.78, 5) is 9.27. The van der Waals surface area contributed by atoms with E-state index in [-0.39, 0.29) is 12.1 Å². The van der Waals surface area contributed by atoms with Crippen LogP contribution in [0.5, 0.6) is 0 Å². The molecule has 106 valence electrons. The van der Waals surface area contributed by atoms with Gasteiger partial charge in [-0.3, -0.25) is 9.88 Å². The summed E-state index contributed by atoms with van der Waals surface area (Å²) in [5.74, 6) is 0. The van der Waals surface area contributed by atoms with Crippen molar-refractivity contribution in [2.45, 2.75) is 38.4 Å². The van der Waals surface area contributed by atoms with E-state index in [2.05, 4.69) is 41.7 Å². The van der Waals surface area contributed by atoms with Gasteiger partial charge in [0.15, 0.2) is 0 Å². The summed E-state index contributed by atoms with van der Waals surface area (Å²) in [6, 6.07) is 6.50. The molecule has 1 fully saturated rings. The monoisotopic (exact) mass is 263 g/mol. The molecular weight excluding hydrogens is 238 g/mol. The third-order valence-electron chi connectivity index (χ3n) is 4.09. The predicted octanol–water partition coefficient (Wildman–Crippen LogP) is 1.36. The third-order valence-corrected chi connectivity index (χ3v) is 4.09. The van der Waals surface area contributed by atoms with Crippen LogP contribution in [0, 0.1) is 0 Å². The summed E-state index contributed by atoms with van der Waals surface area (Å²) < 4.78 is 0. The van der Waals surface area contributed by atoms with Gasteiger partial charge in [0, 0.05) is 44.0 Å². The van der Waals surface area contributed by atoms with Crippen molar-refractivity contribution in [1.29, 1.82) is 0 Å². The van der Waals surface area contributed by atoms with E-state index in [0.29, 0.717) is 6.04 Å². The molecule has 0 bridgehead atoms. The van der Waals surface area contributed by atoms with Crippen LogP contribution >= 0.6 is 0 Å². The number of rotatable bonds is 4. The van der Waals surface area contributed by atoms with Crippen LogP contribution in [-0.2, 0) is 6.54 Å². The maximum absolute atomic E-state index is 9.18. The van der Waals surface area contributed by atoms with Gasteiger partial charge in [0.1, 0.15) is 0 Å². The maximum Gasteiger partial charge on any atom is 0.0544 e. The fourth-order valence-corrected chi connectivity index (χ4v) is 2.91. The molecule has 1 unspecified atom stereocenters. The number of piperazine rings is 1. The van der Waals surface area contributed by atoms with Gasteiger partial charge in [0.25, 0.3) is 0 Å². The fourth-order valence-electron chi connectivity index (χ4n) is 2.91. The number of aromatic nitrogens is 1. The Hall–Kier alpha value is -0.970. The summed E-state index contributed by atoms with van der Waals surface area (Å²) in [6.07, 6.45) is 2.69. The number of aliphatic hydroxyl groups excluding tert-OH is 1. The van der Waals surface area contributed by atoms with E-state index in [9.17, 15) is 5.11 Å². The Morgan fingerprint density at radius 1 is 1.42 bits per heavy atom. The van der Waals surface area contributed by atoms with Crippen LogP contribution in [0.3, 0.4) is 0 Å². The minimum absolute atomic E-state index is 0.137. The summed E-state index contributed by atoms with van der Waals surface area (Å²) >= 11 is 0. The number of hydrogen-bond acceptors (Lipinski definition) is 4. The van der Waals surface area contributed by atoms with Crippen LogP contribution in [0.1, 0.15) is 26.0 Å². The highest BCUT2D eigenvalue weighted by atomic mass is 16.3. The average Bonchev–Trinajstić information content (AvgIpc) is 2.36. The minimum atomic E-state index is 0.137. The minimum Gasteiger partial charge on any atom is -0.396 e. The molecule has 0 spiro atoms. The van der Waals surface area contributed by atoms with E-state index in [1.165, 1.54) is 0 Å². The highest BCUT2D eigenvalue weighted by molar-refractivity contribution is 5.05. The molecule has 4 heteroatoms. The SMILES string of the molecule is CN1CC(C)(C)N(Cc2ccccn2)CC1CCO. The highest BCUT2D eigenvalue weighted by Crippen LogP contribution is 2.26. The Morgan fingerprint density at radius 3 is 2.84 bits per heavy atom. The zero-order chi connectivity index (χ0) is 13.9. The lowest BCUT2D eigenvalue weighted by molar-refractivity contribution is -0.0177. The molecule has 2 rings (SSSR count). The molecule has 0 aromatic carbocycles. The van der Waals surface area contributed by atoms with Gasteiger partial charge in [-0.1, -0.05) is 6.07 Å². The van der Waals surface area contributed by atoms with Crippen molar-refractivity contribution >= 4 is 0 Å². The largest absolute Gasteiger partial charge is 0.396 e. The molecule has 0 aliphatic carbocycles. The lowest BCUT2D eigenvalue weighted by atomic mass is 9.94. The van der Waals surface area contributed by atoms with Crippen molar-refractivity contribution in [1.82, 2.24) is 14.8 Å². The molecule has 1 atom stereocenters. The number of nitrogens with zero attached hydrogens (tertiary/aromatic N) is 3. The van der Waals surface area contributed by atoms with E-state index in [1.807, 2.05) is 18.3 Å². The first kappa shape index (κ1) is 14.4.